The maximum Gasteiger partial charge on any atom is 0.119 e. The van der Waals surface area contributed by atoms with Gasteiger partial charge in [0.05, 0.1) is 0 Å². The average Bonchev–Trinajstić information content (AvgIpc) is 2.33. The fraction of sp³-hybridized carbons (Fsp3) is 0.143. The van der Waals surface area contributed by atoms with Gasteiger partial charge in [-0.1, -0.05) is 39.7 Å². The van der Waals surface area contributed by atoms with Gasteiger partial charge in [-0.2, -0.15) is 0 Å². The molecule has 0 fully saturated rings. The summed E-state index contributed by atoms with van der Waals surface area (Å²) in [6, 6.07) is 13.6. The van der Waals surface area contributed by atoms with E-state index in [0.717, 1.165) is 20.8 Å². The van der Waals surface area contributed by atoms with Gasteiger partial charge >= 0.3 is 0 Å². The first-order chi connectivity index (χ1) is 8.15. The van der Waals surface area contributed by atoms with Gasteiger partial charge in [-0.05, 0) is 48.4 Å². The van der Waals surface area contributed by atoms with Crippen molar-refractivity contribution in [1.29, 1.82) is 0 Å². The topological polar surface area (TPSA) is 9.23 Å². The fourth-order valence-corrected chi connectivity index (χ4v) is 1.98. The maximum absolute atomic E-state index is 5.81. The Morgan fingerprint density at radius 1 is 1.12 bits per heavy atom. The van der Waals surface area contributed by atoms with Crippen LogP contribution in [0.4, 0.5) is 0 Å². The molecule has 3 heteroatoms. The molecule has 2 rings (SSSR count). The molecule has 0 aliphatic rings. The van der Waals surface area contributed by atoms with Crippen LogP contribution in [0.2, 0.25) is 5.02 Å². The van der Waals surface area contributed by atoms with E-state index in [9.17, 15) is 0 Å². The third kappa shape index (κ3) is 3.48. The molecular formula is C14H12BrClO. The molecule has 2 aromatic rings. The van der Waals surface area contributed by atoms with Gasteiger partial charge < -0.3 is 4.74 Å². The fourth-order valence-electron chi connectivity index (χ4n) is 1.42. The molecule has 0 saturated carbocycles. The highest BCUT2D eigenvalue weighted by molar-refractivity contribution is 9.10. The largest absolute Gasteiger partial charge is 0.489 e. The Balaban J connectivity index is 2.02. The van der Waals surface area contributed by atoms with Crippen LogP contribution in [-0.4, -0.2) is 0 Å². The average molecular weight is 312 g/mol. The molecule has 0 aromatic heterocycles. The molecule has 0 amide bonds. The van der Waals surface area contributed by atoms with Crippen molar-refractivity contribution in [3.8, 4) is 5.75 Å². The van der Waals surface area contributed by atoms with Gasteiger partial charge in [-0.25, -0.2) is 0 Å². The van der Waals surface area contributed by atoms with Crippen LogP contribution in [0, 0.1) is 6.92 Å². The van der Waals surface area contributed by atoms with E-state index in [1.54, 1.807) is 0 Å². The van der Waals surface area contributed by atoms with E-state index in [4.69, 9.17) is 16.3 Å². The molecule has 2 aromatic carbocycles. The van der Waals surface area contributed by atoms with Gasteiger partial charge in [-0.3, -0.25) is 0 Å². The molecule has 0 unspecified atom stereocenters. The number of hydrogen-bond acceptors (Lipinski definition) is 1. The molecule has 0 aliphatic carbocycles. The van der Waals surface area contributed by atoms with Gasteiger partial charge in [0, 0.05) is 9.50 Å². The molecule has 1 nitrogen and oxygen atoms in total. The molecule has 0 radical (unpaired) electrons. The standard InChI is InChI=1S/C14H12BrClO/c1-10-2-3-11(8-14(10)15)9-17-13-6-4-12(16)5-7-13/h2-8H,9H2,1H3. The first kappa shape index (κ1) is 12.5. The first-order valence-corrected chi connectivity index (χ1v) is 6.45. The van der Waals surface area contributed by atoms with Crippen LogP contribution in [0.3, 0.4) is 0 Å². The minimum Gasteiger partial charge on any atom is -0.489 e. The Morgan fingerprint density at radius 3 is 2.47 bits per heavy atom. The molecule has 88 valence electrons. The van der Waals surface area contributed by atoms with Crippen molar-refractivity contribution in [3.63, 3.8) is 0 Å². The lowest BCUT2D eigenvalue weighted by atomic mass is 10.2. The molecule has 0 N–H and O–H groups in total. The molecule has 0 bridgehead atoms. The highest BCUT2D eigenvalue weighted by atomic mass is 79.9. The molecular weight excluding hydrogens is 300 g/mol. The quantitative estimate of drug-likeness (QED) is 0.776. The van der Waals surface area contributed by atoms with E-state index >= 15 is 0 Å². The van der Waals surface area contributed by atoms with E-state index in [-0.39, 0.29) is 0 Å². The zero-order valence-electron chi connectivity index (χ0n) is 9.41. The van der Waals surface area contributed by atoms with Crippen LogP contribution < -0.4 is 4.74 Å². The summed E-state index contributed by atoms with van der Waals surface area (Å²) in [5.74, 6) is 0.825. The second-order valence-corrected chi connectivity index (χ2v) is 5.12. The van der Waals surface area contributed by atoms with E-state index in [1.807, 2.05) is 24.3 Å². The van der Waals surface area contributed by atoms with Crippen molar-refractivity contribution < 1.29 is 4.74 Å². The molecule has 0 spiro atoms. The van der Waals surface area contributed by atoms with Gasteiger partial charge in [0.25, 0.3) is 0 Å². The zero-order chi connectivity index (χ0) is 12.3. The SMILES string of the molecule is Cc1ccc(COc2ccc(Cl)cc2)cc1Br. The normalized spacial score (nSPS) is 10.3. The predicted molar refractivity (Wildman–Crippen MR) is 74.7 cm³/mol. The lowest BCUT2D eigenvalue weighted by Crippen LogP contribution is -1.95. The van der Waals surface area contributed by atoms with Gasteiger partial charge in [0.1, 0.15) is 12.4 Å². The summed E-state index contributed by atoms with van der Waals surface area (Å²) in [5, 5.41) is 0.718. The van der Waals surface area contributed by atoms with Crippen molar-refractivity contribution in [2.24, 2.45) is 0 Å². The molecule has 17 heavy (non-hydrogen) atoms. The van der Waals surface area contributed by atoms with Gasteiger partial charge in [-0.15, -0.1) is 0 Å². The predicted octanol–water partition coefficient (Wildman–Crippen LogP) is 4.99. The first-order valence-electron chi connectivity index (χ1n) is 5.28. The number of halogens is 2. The summed E-state index contributed by atoms with van der Waals surface area (Å²) < 4.78 is 6.77. The van der Waals surface area contributed by atoms with Crippen molar-refractivity contribution in [1.82, 2.24) is 0 Å². The van der Waals surface area contributed by atoms with E-state index in [1.165, 1.54) is 5.56 Å². The summed E-state index contributed by atoms with van der Waals surface area (Å²) in [5.41, 5.74) is 2.36. The molecule has 0 atom stereocenters. The Bertz CT molecular complexity index is 508. The van der Waals surface area contributed by atoms with E-state index in [0.29, 0.717) is 6.61 Å². The van der Waals surface area contributed by atoms with Crippen LogP contribution in [0.25, 0.3) is 0 Å². The number of aryl methyl sites for hydroxylation is 1. The summed E-state index contributed by atoms with van der Waals surface area (Å²) in [7, 11) is 0. The van der Waals surface area contributed by atoms with Crippen LogP contribution in [0.15, 0.2) is 46.9 Å². The summed E-state index contributed by atoms with van der Waals surface area (Å²) in [6.07, 6.45) is 0. The molecule has 0 aliphatic heterocycles. The third-order valence-corrected chi connectivity index (χ3v) is 3.56. The maximum atomic E-state index is 5.81. The van der Waals surface area contributed by atoms with Crippen molar-refractivity contribution >= 4 is 27.5 Å². The van der Waals surface area contributed by atoms with Crippen LogP contribution >= 0.6 is 27.5 Å². The lowest BCUT2D eigenvalue weighted by molar-refractivity contribution is 0.306. The Hall–Kier alpha value is -0.990. The van der Waals surface area contributed by atoms with Crippen molar-refractivity contribution in [2.75, 3.05) is 0 Å². The monoisotopic (exact) mass is 310 g/mol. The van der Waals surface area contributed by atoms with Crippen molar-refractivity contribution in [2.45, 2.75) is 13.5 Å². The van der Waals surface area contributed by atoms with Crippen molar-refractivity contribution in [3.05, 3.63) is 63.1 Å². The van der Waals surface area contributed by atoms with Gasteiger partial charge in [0.2, 0.25) is 0 Å². The van der Waals surface area contributed by atoms with E-state index in [2.05, 4.69) is 41.1 Å². The minimum atomic E-state index is 0.556. The van der Waals surface area contributed by atoms with Crippen LogP contribution in [0.5, 0.6) is 5.75 Å². The Labute approximate surface area is 115 Å². The Morgan fingerprint density at radius 2 is 1.82 bits per heavy atom. The second-order valence-electron chi connectivity index (χ2n) is 3.83. The number of hydrogen-bond donors (Lipinski definition) is 0. The lowest BCUT2D eigenvalue weighted by Gasteiger charge is -2.07. The number of rotatable bonds is 3. The number of ether oxygens (including phenoxy) is 1. The smallest absolute Gasteiger partial charge is 0.119 e. The summed E-state index contributed by atoms with van der Waals surface area (Å²) >= 11 is 9.31. The minimum absolute atomic E-state index is 0.556. The number of benzene rings is 2. The van der Waals surface area contributed by atoms with E-state index < -0.39 is 0 Å². The van der Waals surface area contributed by atoms with Gasteiger partial charge in [0.15, 0.2) is 0 Å². The highest BCUT2D eigenvalue weighted by Crippen LogP contribution is 2.20. The van der Waals surface area contributed by atoms with Crippen LogP contribution in [-0.2, 0) is 6.61 Å². The second kappa shape index (κ2) is 5.56. The zero-order valence-corrected chi connectivity index (χ0v) is 11.8. The van der Waals surface area contributed by atoms with Crippen LogP contribution in [0.1, 0.15) is 11.1 Å². The third-order valence-electron chi connectivity index (χ3n) is 2.46. The highest BCUT2D eigenvalue weighted by Gasteiger charge is 1.99. The summed E-state index contributed by atoms with van der Waals surface area (Å²) in [4.78, 5) is 0. The Kier molecular flexibility index (Phi) is 4.08. The molecule has 0 heterocycles. The molecule has 0 saturated heterocycles. The summed E-state index contributed by atoms with van der Waals surface area (Å²) in [6.45, 7) is 2.62.